The van der Waals surface area contributed by atoms with Gasteiger partial charge in [-0.2, -0.15) is 0 Å². The zero-order valence-corrected chi connectivity index (χ0v) is 8.97. The molecule has 0 fully saturated rings. The van der Waals surface area contributed by atoms with Crippen molar-refractivity contribution in [1.29, 1.82) is 0 Å². The van der Waals surface area contributed by atoms with E-state index < -0.39 is 0 Å². The van der Waals surface area contributed by atoms with Gasteiger partial charge in [0.1, 0.15) is 0 Å². The molecule has 0 bridgehead atoms. The second-order valence-electron chi connectivity index (χ2n) is 3.33. The molecule has 0 amide bonds. The Hall–Kier alpha value is -0.520. The van der Waals surface area contributed by atoms with Gasteiger partial charge in [-0.1, -0.05) is 13.8 Å². The van der Waals surface area contributed by atoms with Crippen LogP contribution >= 0.6 is 0 Å². The second-order valence-corrected chi connectivity index (χ2v) is 3.33. The van der Waals surface area contributed by atoms with Gasteiger partial charge in [0, 0.05) is 19.6 Å². The summed E-state index contributed by atoms with van der Waals surface area (Å²) in [6.07, 6.45) is 8.64. The van der Waals surface area contributed by atoms with Crippen LogP contribution in [0.3, 0.4) is 0 Å². The molecule has 0 spiro atoms. The molecule has 13 heavy (non-hydrogen) atoms. The van der Waals surface area contributed by atoms with E-state index in [2.05, 4.69) is 19.8 Å². The summed E-state index contributed by atoms with van der Waals surface area (Å²) in [6.45, 7) is 4.20. The third-order valence-electron chi connectivity index (χ3n) is 2.88. The number of methoxy groups -OCH3 is 1. The van der Waals surface area contributed by atoms with Gasteiger partial charge in [-0.3, -0.25) is 0 Å². The largest absolute Gasteiger partial charge is 0.377 e. The lowest BCUT2D eigenvalue weighted by Gasteiger charge is -2.36. The first-order chi connectivity index (χ1) is 6.16. The molecule has 2 nitrogen and oxygen atoms in total. The third kappa shape index (κ3) is 3.02. The molecule has 1 atom stereocenters. The Morgan fingerprint density at radius 3 is 2.31 bits per heavy atom. The van der Waals surface area contributed by atoms with Crippen LogP contribution < -0.4 is 5.73 Å². The predicted molar refractivity (Wildman–Crippen MR) is 56.4 cm³/mol. The summed E-state index contributed by atoms with van der Waals surface area (Å²) >= 11 is 0. The summed E-state index contributed by atoms with van der Waals surface area (Å²) in [5, 5.41) is 0. The van der Waals surface area contributed by atoms with Crippen LogP contribution in [0.1, 0.15) is 39.5 Å². The summed E-state index contributed by atoms with van der Waals surface area (Å²) in [7, 11) is 1.72. The Morgan fingerprint density at radius 1 is 1.46 bits per heavy atom. The monoisotopic (exact) mass is 183 g/mol. The van der Waals surface area contributed by atoms with Gasteiger partial charge in [-0.05, 0) is 19.3 Å². The van der Waals surface area contributed by atoms with Crippen LogP contribution in [0.15, 0.2) is 0 Å². The minimum Gasteiger partial charge on any atom is -0.377 e. The highest BCUT2D eigenvalue weighted by atomic mass is 16.5. The molecular weight excluding hydrogens is 162 g/mol. The molecule has 0 aromatic carbocycles. The van der Waals surface area contributed by atoms with E-state index in [1.54, 1.807) is 7.11 Å². The molecule has 0 saturated carbocycles. The lowest BCUT2D eigenvalue weighted by molar-refractivity contribution is -0.0390. The standard InChI is InChI=1S/C11H21NO/c1-5-8-9-10(12)11(6-2,7-3)13-4/h1,10H,6-9,12H2,2-4H3. The molecule has 2 heteroatoms. The van der Waals surface area contributed by atoms with Gasteiger partial charge in [-0.25, -0.2) is 0 Å². The quantitative estimate of drug-likeness (QED) is 0.639. The second kappa shape index (κ2) is 6.01. The van der Waals surface area contributed by atoms with Crippen molar-refractivity contribution in [2.75, 3.05) is 7.11 Å². The van der Waals surface area contributed by atoms with Gasteiger partial charge in [0.25, 0.3) is 0 Å². The number of hydrogen-bond acceptors (Lipinski definition) is 2. The van der Waals surface area contributed by atoms with E-state index in [1.807, 2.05) is 0 Å². The zero-order chi connectivity index (χ0) is 10.3. The SMILES string of the molecule is C#CCCC(N)C(CC)(CC)OC. The van der Waals surface area contributed by atoms with Crippen LogP contribution in [0.5, 0.6) is 0 Å². The average molecular weight is 183 g/mol. The highest BCUT2D eigenvalue weighted by Gasteiger charge is 2.32. The van der Waals surface area contributed by atoms with E-state index in [1.165, 1.54) is 0 Å². The molecule has 0 aliphatic heterocycles. The van der Waals surface area contributed by atoms with Crippen LogP contribution in [0, 0.1) is 12.3 Å². The summed E-state index contributed by atoms with van der Waals surface area (Å²) in [6, 6.07) is 0.0450. The van der Waals surface area contributed by atoms with Crippen molar-refractivity contribution in [2.45, 2.75) is 51.2 Å². The van der Waals surface area contributed by atoms with E-state index in [-0.39, 0.29) is 11.6 Å². The predicted octanol–water partition coefficient (Wildman–Crippen LogP) is 1.93. The van der Waals surface area contributed by atoms with Gasteiger partial charge in [0.05, 0.1) is 5.60 Å². The Balaban J connectivity index is 4.27. The van der Waals surface area contributed by atoms with Crippen molar-refractivity contribution in [1.82, 2.24) is 0 Å². The van der Waals surface area contributed by atoms with Crippen LogP contribution in [0.25, 0.3) is 0 Å². The molecule has 0 aromatic rings. The number of terminal acetylenes is 1. The zero-order valence-electron chi connectivity index (χ0n) is 8.97. The van der Waals surface area contributed by atoms with Gasteiger partial charge in [-0.15, -0.1) is 12.3 Å². The van der Waals surface area contributed by atoms with E-state index in [4.69, 9.17) is 16.9 Å². The molecule has 0 heterocycles. The van der Waals surface area contributed by atoms with E-state index >= 15 is 0 Å². The fourth-order valence-electron chi connectivity index (χ4n) is 1.72. The van der Waals surface area contributed by atoms with E-state index in [0.717, 1.165) is 25.7 Å². The Kier molecular flexibility index (Phi) is 5.77. The molecule has 0 rings (SSSR count). The minimum absolute atomic E-state index is 0.0450. The highest BCUT2D eigenvalue weighted by Crippen LogP contribution is 2.25. The molecular formula is C11H21NO. The molecule has 76 valence electrons. The van der Waals surface area contributed by atoms with Gasteiger partial charge >= 0.3 is 0 Å². The van der Waals surface area contributed by atoms with Gasteiger partial charge in [0.15, 0.2) is 0 Å². The fraction of sp³-hybridized carbons (Fsp3) is 0.818. The highest BCUT2D eigenvalue weighted by molar-refractivity contribution is 4.93. The van der Waals surface area contributed by atoms with Gasteiger partial charge in [0.2, 0.25) is 0 Å². The van der Waals surface area contributed by atoms with Crippen LogP contribution in [0.2, 0.25) is 0 Å². The van der Waals surface area contributed by atoms with E-state index in [9.17, 15) is 0 Å². The van der Waals surface area contributed by atoms with Crippen molar-refractivity contribution >= 4 is 0 Å². The van der Waals surface area contributed by atoms with Crippen LogP contribution in [-0.2, 0) is 4.74 Å². The lowest BCUT2D eigenvalue weighted by Crippen LogP contribution is -2.48. The smallest absolute Gasteiger partial charge is 0.0823 e. The fourth-order valence-corrected chi connectivity index (χ4v) is 1.72. The molecule has 0 saturated heterocycles. The summed E-state index contributed by atoms with van der Waals surface area (Å²) in [4.78, 5) is 0. The third-order valence-corrected chi connectivity index (χ3v) is 2.88. The Bertz CT molecular complexity index is 159. The van der Waals surface area contributed by atoms with Crippen molar-refractivity contribution in [3.63, 3.8) is 0 Å². The Labute approximate surface area is 81.8 Å². The average Bonchev–Trinajstić information content (AvgIpc) is 2.18. The normalized spacial score (nSPS) is 13.8. The van der Waals surface area contributed by atoms with Crippen molar-refractivity contribution < 1.29 is 4.74 Å². The maximum Gasteiger partial charge on any atom is 0.0823 e. The molecule has 0 radical (unpaired) electrons. The van der Waals surface area contributed by atoms with Gasteiger partial charge < -0.3 is 10.5 Å². The maximum absolute atomic E-state index is 6.05. The Morgan fingerprint density at radius 2 is 2.00 bits per heavy atom. The number of hydrogen-bond donors (Lipinski definition) is 1. The topological polar surface area (TPSA) is 35.2 Å². The minimum atomic E-state index is -0.184. The number of ether oxygens (including phenoxy) is 1. The van der Waals surface area contributed by atoms with Crippen molar-refractivity contribution in [3.8, 4) is 12.3 Å². The summed E-state index contributed by atoms with van der Waals surface area (Å²) < 4.78 is 5.50. The van der Waals surface area contributed by atoms with Crippen LogP contribution in [0.4, 0.5) is 0 Å². The first-order valence-corrected chi connectivity index (χ1v) is 4.91. The first-order valence-electron chi connectivity index (χ1n) is 4.91. The molecule has 0 aromatic heterocycles. The van der Waals surface area contributed by atoms with E-state index in [0.29, 0.717) is 0 Å². The summed E-state index contributed by atoms with van der Waals surface area (Å²) in [5.74, 6) is 2.61. The molecule has 1 unspecified atom stereocenters. The molecule has 0 aliphatic carbocycles. The first kappa shape index (κ1) is 12.5. The van der Waals surface area contributed by atoms with Crippen molar-refractivity contribution in [3.05, 3.63) is 0 Å². The maximum atomic E-state index is 6.05. The van der Waals surface area contributed by atoms with Crippen LogP contribution in [-0.4, -0.2) is 18.8 Å². The number of rotatable bonds is 6. The molecule has 2 N–H and O–H groups in total. The summed E-state index contributed by atoms with van der Waals surface area (Å²) in [5.41, 5.74) is 5.87. The molecule has 0 aliphatic rings. The van der Waals surface area contributed by atoms with Crippen molar-refractivity contribution in [2.24, 2.45) is 5.73 Å². The number of nitrogens with two attached hydrogens (primary N) is 1. The lowest BCUT2D eigenvalue weighted by atomic mass is 9.86.